The van der Waals surface area contributed by atoms with Gasteiger partial charge in [-0.05, 0) is 48.7 Å². The number of nitrogens with zero attached hydrogens (tertiary/aromatic N) is 1. The highest BCUT2D eigenvalue weighted by Crippen LogP contribution is 2.22. The van der Waals surface area contributed by atoms with Gasteiger partial charge in [0.15, 0.2) is 0 Å². The summed E-state index contributed by atoms with van der Waals surface area (Å²) in [6, 6.07) is 14.8. The highest BCUT2D eigenvalue weighted by Gasteiger charge is 2.26. The first-order chi connectivity index (χ1) is 12.5. The van der Waals surface area contributed by atoms with Crippen molar-refractivity contribution < 1.29 is 13.2 Å². The Hall–Kier alpha value is -2.37. The zero-order chi connectivity index (χ0) is 18.6. The molecule has 0 unspecified atom stereocenters. The van der Waals surface area contributed by atoms with E-state index in [-0.39, 0.29) is 0 Å². The number of ether oxygens (including phenoxy) is 1. The van der Waals surface area contributed by atoms with Crippen molar-refractivity contribution in [3.63, 3.8) is 0 Å². The lowest BCUT2D eigenvalue weighted by Crippen LogP contribution is -2.35. The van der Waals surface area contributed by atoms with Gasteiger partial charge in [0.25, 0.3) is 0 Å². The van der Waals surface area contributed by atoms with E-state index in [0.717, 1.165) is 22.4 Å². The topological polar surface area (TPSA) is 46.6 Å². The molecule has 1 aliphatic heterocycles. The summed E-state index contributed by atoms with van der Waals surface area (Å²) in [5.41, 5.74) is 3.10. The molecule has 26 heavy (non-hydrogen) atoms. The van der Waals surface area contributed by atoms with Crippen LogP contribution in [-0.4, -0.2) is 32.9 Å². The van der Waals surface area contributed by atoms with Gasteiger partial charge in [0, 0.05) is 13.1 Å². The van der Waals surface area contributed by atoms with Gasteiger partial charge in [0.2, 0.25) is 10.0 Å². The summed E-state index contributed by atoms with van der Waals surface area (Å²) in [6.45, 7) is 2.85. The van der Waals surface area contributed by atoms with Crippen LogP contribution in [0.4, 0.5) is 0 Å². The maximum Gasteiger partial charge on any atom is 0.243 e. The number of rotatable bonds is 5. The first-order valence-corrected chi connectivity index (χ1v) is 10.0. The lowest BCUT2D eigenvalue weighted by atomic mass is 10.1. The largest absolute Gasteiger partial charge is 0.497 e. The number of methoxy groups -OCH3 is 1. The average Bonchev–Trinajstić information content (AvgIpc) is 2.67. The molecule has 0 spiro atoms. The Labute approximate surface area is 155 Å². The van der Waals surface area contributed by atoms with Crippen LogP contribution in [0, 0.1) is 6.92 Å². The molecule has 1 heterocycles. The number of hydrogen-bond acceptors (Lipinski definition) is 3. The molecule has 0 saturated heterocycles. The Balaban J connectivity index is 1.73. The van der Waals surface area contributed by atoms with Gasteiger partial charge in [-0.1, -0.05) is 48.1 Å². The second kappa shape index (κ2) is 7.89. The van der Waals surface area contributed by atoms with Crippen LogP contribution in [-0.2, 0) is 10.0 Å². The molecule has 0 radical (unpaired) electrons. The minimum absolute atomic E-state index is 0.350. The van der Waals surface area contributed by atoms with Gasteiger partial charge in [0.1, 0.15) is 5.75 Å². The Morgan fingerprint density at radius 1 is 1.00 bits per heavy atom. The van der Waals surface area contributed by atoms with E-state index in [4.69, 9.17) is 4.74 Å². The molecule has 5 heteroatoms. The molecule has 0 atom stereocenters. The van der Waals surface area contributed by atoms with E-state index in [0.29, 0.717) is 24.4 Å². The van der Waals surface area contributed by atoms with Crippen molar-refractivity contribution >= 4 is 16.1 Å². The Kier molecular flexibility index (Phi) is 5.59. The van der Waals surface area contributed by atoms with Crippen molar-refractivity contribution in [2.75, 3.05) is 20.2 Å². The number of benzene rings is 2. The smallest absolute Gasteiger partial charge is 0.243 e. The SMILES string of the molecule is COc1ccc(/C=C/C2=CCCN(S(=O)(=O)c3ccc(C)cc3)C2)cc1. The zero-order valence-electron chi connectivity index (χ0n) is 15.1. The molecular formula is C21H23NO3S. The van der Waals surface area contributed by atoms with Crippen molar-refractivity contribution in [2.45, 2.75) is 18.2 Å². The van der Waals surface area contributed by atoms with Crippen LogP contribution in [0.15, 0.2) is 71.2 Å². The lowest BCUT2D eigenvalue weighted by Gasteiger charge is -2.25. The molecule has 2 aromatic rings. The molecular weight excluding hydrogens is 346 g/mol. The molecule has 2 aromatic carbocycles. The molecule has 1 aliphatic rings. The normalized spacial score (nSPS) is 15.8. The number of sulfonamides is 1. The van der Waals surface area contributed by atoms with Gasteiger partial charge in [-0.3, -0.25) is 0 Å². The summed E-state index contributed by atoms with van der Waals surface area (Å²) < 4.78 is 32.4. The summed E-state index contributed by atoms with van der Waals surface area (Å²) in [4.78, 5) is 0.350. The van der Waals surface area contributed by atoms with Crippen LogP contribution in [0.3, 0.4) is 0 Å². The van der Waals surface area contributed by atoms with Crippen LogP contribution in [0.25, 0.3) is 6.08 Å². The predicted molar refractivity (Wildman–Crippen MR) is 105 cm³/mol. The minimum Gasteiger partial charge on any atom is -0.497 e. The standard InChI is InChI=1S/C21H23NO3S/c1-17-5-13-21(14-6-17)26(23,24)22-15-3-4-19(16-22)8-7-18-9-11-20(25-2)12-10-18/h4-14H,3,15-16H2,1-2H3/b8-7+. The Morgan fingerprint density at radius 3 is 2.35 bits per heavy atom. The van der Waals surface area contributed by atoms with Crippen molar-refractivity contribution in [2.24, 2.45) is 0 Å². The van der Waals surface area contributed by atoms with Gasteiger partial charge >= 0.3 is 0 Å². The third-order valence-electron chi connectivity index (χ3n) is 4.41. The van der Waals surface area contributed by atoms with E-state index < -0.39 is 10.0 Å². The van der Waals surface area contributed by atoms with E-state index in [1.54, 1.807) is 23.5 Å². The van der Waals surface area contributed by atoms with E-state index in [9.17, 15) is 8.42 Å². The fourth-order valence-corrected chi connectivity index (χ4v) is 4.29. The van der Waals surface area contributed by atoms with Crippen LogP contribution >= 0.6 is 0 Å². The molecule has 0 bridgehead atoms. The molecule has 0 amide bonds. The summed E-state index contributed by atoms with van der Waals surface area (Å²) in [5, 5.41) is 0. The first kappa shape index (κ1) is 18.4. The third-order valence-corrected chi connectivity index (χ3v) is 6.27. The lowest BCUT2D eigenvalue weighted by molar-refractivity contribution is 0.415. The zero-order valence-corrected chi connectivity index (χ0v) is 15.9. The first-order valence-electron chi connectivity index (χ1n) is 8.57. The molecule has 0 N–H and O–H groups in total. The molecule has 0 aromatic heterocycles. The molecule has 0 aliphatic carbocycles. The van der Waals surface area contributed by atoms with E-state index in [1.807, 2.05) is 55.5 Å². The number of aryl methyl sites for hydroxylation is 1. The maximum atomic E-state index is 12.8. The third kappa shape index (κ3) is 4.23. The highest BCUT2D eigenvalue weighted by atomic mass is 32.2. The number of hydrogen-bond donors (Lipinski definition) is 0. The van der Waals surface area contributed by atoms with E-state index in [1.165, 1.54) is 0 Å². The van der Waals surface area contributed by atoms with Crippen LogP contribution in [0.5, 0.6) is 5.75 Å². The quantitative estimate of drug-likeness (QED) is 0.799. The Morgan fingerprint density at radius 2 is 1.69 bits per heavy atom. The van der Waals surface area contributed by atoms with Gasteiger partial charge in [-0.25, -0.2) is 8.42 Å². The summed E-state index contributed by atoms with van der Waals surface area (Å²) in [5.74, 6) is 0.814. The maximum absolute atomic E-state index is 12.8. The van der Waals surface area contributed by atoms with E-state index >= 15 is 0 Å². The molecule has 4 nitrogen and oxygen atoms in total. The van der Waals surface area contributed by atoms with Crippen LogP contribution in [0.1, 0.15) is 17.5 Å². The summed E-state index contributed by atoms with van der Waals surface area (Å²) >= 11 is 0. The van der Waals surface area contributed by atoms with Gasteiger partial charge in [0.05, 0.1) is 12.0 Å². The minimum atomic E-state index is -3.46. The van der Waals surface area contributed by atoms with Gasteiger partial charge < -0.3 is 4.74 Å². The van der Waals surface area contributed by atoms with Gasteiger partial charge in [-0.2, -0.15) is 4.31 Å². The Bertz CT molecular complexity index is 911. The molecule has 3 rings (SSSR count). The monoisotopic (exact) mass is 369 g/mol. The van der Waals surface area contributed by atoms with Crippen molar-refractivity contribution in [3.05, 3.63) is 77.4 Å². The van der Waals surface area contributed by atoms with Gasteiger partial charge in [-0.15, -0.1) is 0 Å². The molecule has 0 saturated carbocycles. The van der Waals surface area contributed by atoms with Crippen LogP contribution in [0.2, 0.25) is 0 Å². The fourth-order valence-electron chi connectivity index (χ4n) is 2.84. The fraction of sp³-hybridized carbons (Fsp3) is 0.238. The van der Waals surface area contributed by atoms with Crippen molar-refractivity contribution in [1.82, 2.24) is 4.31 Å². The summed E-state index contributed by atoms with van der Waals surface area (Å²) in [7, 11) is -1.82. The average molecular weight is 369 g/mol. The van der Waals surface area contributed by atoms with Crippen molar-refractivity contribution in [1.29, 1.82) is 0 Å². The second-order valence-electron chi connectivity index (χ2n) is 6.33. The molecule has 0 fully saturated rings. The highest BCUT2D eigenvalue weighted by molar-refractivity contribution is 7.89. The summed E-state index contributed by atoms with van der Waals surface area (Å²) in [6.07, 6.45) is 6.79. The van der Waals surface area contributed by atoms with Crippen LogP contribution < -0.4 is 4.74 Å². The van der Waals surface area contributed by atoms with Crippen molar-refractivity contribution in [3.8, 4) is 5.75 Å². The van der Waals surface area contributed by atoms with E-state index in [2.05, 4.69) is 6.08 Å². The predicted octanol–water partition coefficient (Wildman–Crippen LogP) is 4.04. The molecule has 136 valence electrons. The second-order valence-corrected chi connectivity index (χ2v) is 8.26.